The third-order valence-electron chi connectivity index (χ3n) is 6.24. The highest BCUT2D eigenvalue weighted by molar-refractivity contribution is 6.33. The van der Waals surface area contributed by atoms with E-state index in [2.05, 4.69) is 17.4 Å². The van der Waals surface area contributed by atoms with Crippen LogP contribution < -0.4 is 10.1 Å². The molecule has 0 unspecified atom stereocenters. The lowest BCUT2D eigenvalue weighted by atomic mass is 9.48. The molecule has 0 heterocycles. The maximum Gasteiger partial charge on any atom is 0.402 e. The second-order valence-corrected chi connectivity index (χ2v) is 7.97. The van der Waals surface area contributed by atoms with E-state index in [4.69, 9.17) is 4.74 Å². The Morgan fingerprint density at radius 1 is 1.04 bits per heavy atom. The van der Waals surface area contributed by atoms with Gasteiger partial charge in [0.2, 0.25) is 0 Å². The van der Waals surface area contributed by atoms with Crippen LogP contribution in [0.5, 0.6) is 5.75 Å². The van der Waals surface area contributed by atoms with Crippen LogP contribution in [-0.2, 0) is 15.0 Å². The van der Waals surface area contributed by atoms with Gasteiger partial charge in [-0.05, 0) is 86.3 Å². The summed E-state index contributed by atoms with van der Waals surface area (Å²) in [4.78, 5) is 23.1. The maximum atomic E-state index is 11.7. The number of hydrogen-bond donors (Lipinski definition) is 1. The van der Waals surface area contributed by atoms with E-state index in [0.717, 1.165) is 17.8 Å². The molecule has 0 radical (unpaired) electrons. The van der Waals surface area contributed by atoms with E-state index in [9.17, 15) is 9.59 Å². The Labute approximate surface area is 143 Å². The van der Waals surface area contributed by atoms with Gasteiger partial charge in [-0.2, -0.15) is 0 Å². The van der Waals surface area contributed by atoms with Crippen LogP contribution >= 0.6 is 0 Å². The second-order valence-electron chi connectivity index (χ2n) is 7.97. The molecule has 0 atom stereocenters. The van der Waals surface area contributed by atoms with Crippen molar-refractivity contribution in [1.82, 2.24) is 5.32 Å². The Balaban J connectivity index is 1.48. The second kappa shape index (κ2) is 5.91. The number of nitrogens with one attached hydrogen (secondary N) is 1. The van der Waals surface area contributed by atoms with E-state index in [0.29, 0.717) is 17.7 Å². The summed E-state index contributed by atoms with van der Waals surface area (Å²) < 4.78 is 5.15. The largest absolute Gasteiger partial charge is 0.419 e. The molecule has 4 heteroatoms. The SMILES string of the molecule is CCNC(=O)C(=O)Oc1ccc(C23CC4CC(CC(C4)C2)C3)cc1. The molecule has 1 aromatic carbocycles. The van der Waals surface area contributed by atoms with Crippen LogP contribution in [0.1, 0.15) is 51.0 Å². The quantitative estimate of drug-likeness (QED) is 0.527. The molecule has 0 aromatic heterocycles. The van der Waals surface area contributed by atoms with Gasteiger partial charge in [0.15, 0.2) is 0 Å². The predicted octanol–water partition coefficient (Wildman–Crippen LogP) is 3.20. The third kappa shape index (κ3) is 2.72. The highest BCUT2D eigenvalue weighted by atomic mass is 16.5. The van der Waals surface area contributed by atoms with E-state index in [-0.39, 0.29) is 0 Å². The minimum atomic E-state index is -0.848. The molecular formula is C20H25NO3. The summed E-state index contributed by atoms with van der Waals surface area (Å²) in [5.74, 6) is 1.63. The Morgan fingerprint density at radius 2 is 1.58 bits per heavy atom. The van der Waals surface area contributed by atoms with Crippen molar-refractivity contribution in [3.05, 3.63) is 29.8 Å². The van der Waals surface area contributed by atoms with Crippen LogP contribution in [0, 0.1) is 17.8 Å². The molecule has 0 saturated heterocycles. The Kier molecular flexibility index (Phi) is 3.86. The molecule has 1 aromatic rings. The van der Waals surface area contributed by atoms with Gasteiger partial charge in [0.05, 0.1) is 0 Å². The molecule has 4 aliphatic carbocycles. The van der Waals surface area contributed by atoms with Crippen molar-refractivity contribution in [2.75, 3.05) is 6.54 Å². The van der Waals surface area contributed by atoms with Crippen molar-refractivity contribution in [1.29, 1.82) is 0 Å². The summed E-state index contributed by atoms with van der Waals surface area (Å²) in [5, 5.41) is 2.45. The number of benzene rings is 1. The number of hydrogen-bond acceptors (Lipinski definition) is 3. The van der Waals surface area contributed by atoms with Crippen molar-refractivity contribution in [2.45, 2.75) is 50.9 Å². The minimum Gasteiger partial charge on any atom is -0.419 e. The third-order valence-corrected chi connectivity index (χ3v) is 6.24. The number of carbonyl (C=O) groups excluding carboxylic acids is 2. The molecule has 128 valence electrons. The van der Waals surface area contributed by atoms with Crippen molar-refractivity contribution in [3.8, 4) is 5.75 Å². The number of amides is 1. The Morgan fingerprint density at radius 3 is 2.08 bits per heavy atom. The zero-order valence-electron chi connectivity index (χ0n) is 14.2. The lowest BCUT2D eigenvalue weighted by Crippen LogP contribution is -2.48. The van der Waals surface area contributed by atoms with Gasteiger partial charge in [-0.3, -0.25) is 4.79 Å². The van der Waals surface area contributed by atoms with Gasteiger partial charge < -0.3 is 10.1 Å². The summed E-state index contributed by atoms with van der Waals surface area (Å²) in [6.45, 7) is 2.18. The summed E-state index contributed by atoms with van der Waals surface area (Å²) >= 11 is 0. The lowest BCUT2D eigenvalue weighted by molar-refractivity contribution is -0.148. The molecule has 1 N–H and O–H groups in total. The Bertz CT molecular complexity index is 614. The minimum absolute atomic E-state index is 0.344. The number of ether oxygens (including phenoxy) is 1. The summed E-state index contributed by atoms with van der Waals surface area (Å²) in [6, 6.07) is 7.89. The first-order valence-electron chi connectivity index (χ1n) is 9.18. The van der Waals surface area contributed by atoms with Crippen LogP contribution in [0.2, 0.25) is 0 Å². The van der Waals surface area contributed by atoms with E-state index in [1.807, 2.05) is 12.1 Å². The van der Waals surface area contributed by atoms with Crippen molar-refractivity contribution < 1.29 is 14.3 Å². The molecule has 0 spiro atoms. The van der Waals surface area contributed by atoms with E-state index < -0.39 is 11.9 Å². The molecule has 4 bridgehead atoms. The molecule has 5 rings (SSSR count). The van der Waals surface area contributed by atoms with Crippen LogP contribution in [0.15, 0.2) is 24.3 Å². The number of carbonyl (C=O) groups is 2. The fourth-order valence-corrected chi connectivity index (χ4v) is 5.73. The van der Waals surface area contributed by atoms with Crippen molar-refractivity contribution in [3.63, 3.8) is 0 Å². The average molecular weight is 327 g/mol. The first-order chi connectivity index (χ1) is 11.6. The van der Waals surface area contributed by atoms with Gasteiger partial charge in [0.25, 0.3) is 0 Å². The first kappa shape index (κ1) is 15.7. The standard InChI is InChI=1S/C20H25NO3/c1-2-21-18(22)19(23)24-17-5-3-16(4-6-17)20-10-13-7-14(11-20)9-15(8-13)12-20/h3-6,13-15H,2,7-12H2,1H3,(H,21,22). The Hall–Kier alpha value is -1.84. The molecule has 4 saturated carbocycles. The molecule has 4 aliphatic rings. The molecule has 4 nitrogen and oxygen atoms in total. The zero-order chi connectivity index (χ0) is 16.7. The van der Waals surface area contributed by atoms with Gasteiger partial charge in [-0.1, -0.05) is 12.1 Å². The molecule has 1 amide bonds. The van der Waals surface area contributed by atoms with E-state index in [1.54, 1.807) is 6.92 Å². The molecular weight excluding hydrogens is 302 g/mol. The molecule has 24 heavy (non-hydrogen) atoms. The van der Waals surface area contributed by atoms with Gasteiger partial charge in [0, 0.05) is 6.54 Å². The van der Waals surface area contributed by atoms with E-state index in [1.165, 1.54) is 44.1 Å². The van der Waals surface area contributed by atoms with Crippen molar-refractivity contribution in [2.24, 2.45) is 17.8 Å². The number of rotatable bonds is 3. The fourth-order valence-electron chi connectivity index (χ4n) is 5.73. The number of likely N-dealkylation sites (N-methyl/N-ethyl adjacent to an activating group) is 1. The normalized spacial score (nSPS) is 33.3. The topological polar surface area (TPSA) is 55.4 Å². The summed E-state index contributed by atoms with van der Waals surface area (Å²) in [7, 11) is 0. The highest BCUT2D eigenvalue weighted by Crippen LogP contribution is 2.60. The maximum absolute atomic E-state index is 11.7. The molecule has 0 aliphatic heterocycles. The van der Waals surface area contributed by atoms with Crippen LogP contribution in [0.25, 0.3) is 0 Å². The van der Waals surface area contributed by atoms with Crippen molar-refractivity contribution >= 4 is 11.9 Å². The van der Waals surface area contributed by atoms with Crippen LogP contribution in [0.3, 0.4) is 0 Å². The molecule has 4 fully saturated rings. The smallest absolute Gasteiger partial charge is 0.402 e. The van der Waals surface area contributed by atoms with Gasteiger partial charge in [-0.25, -0.2) is 4.79 Å². The predicted molar refractivity (Wildman–Crippen MR) is 90.6 cm³/mol. The summed E-state index contributed by atoms with van der Waals surface area (Å²) in [6.07, 6.45) is 8.25. The van der Waals surface area contributed by atoms with Crippen LogP contribution in [-0.4, -0.2) is 18.4 Å². The van der Waals surface area contributed by atoms with Gasteiger partial charge in [0.1, 0.15) is 5.75 Å². The average Bonchev–Trinajstić information content (AvgIpc) is 2.54. The monoisotopic (exact) mass is 327 g/mol. The lowest BCUT2D eigenvalue weighted by Gasteiger charge is -2.57. The fraction of sp³-hybridized carbons (Fsp3) is 0.600. The van der Waals surface area contributed by atoms with Gasteiger partial charge >= 0.3 is 11.9 Å². The summed E-state index contributed by atoms with van der Waals surface area (Å²) in [5.41, 5.74) is 1.73. The van der Waals surface area contributed by atoms with E-state index >= 15 is 0 Å². The first-order valence-corrected chi connectivity index (χ1v) is 9.18. The number of esters is 1. The van der Waals surface area contributed by atoms with Crippen LogP contribution in [0.4, 0.5) is 0 Å². The highest BCUT2D eigenvalue weighted by Gasteiger charge is 2.51. The van der Waals surface area contributed by atoms with Gasteiger partial charge in [-0.15, -0.1) is 0 Å². The zero-order valence-corrected chi connectivity index (χ0v) is 14.2.